The summed E-state index contributed by atoms with van der Waals surface area (Å²) in [6, 6.07) is 7.46. The first-order valence-electron chi connectivity index (χ1n) is 9.77. The molecule has 1 saturated heterocycles. The second-order valence-electron chi connectivity index (χ2n) is 7.42. The number of benzene rings is 1. The number of hydrogen-bond acceptors (Lipinski definition) is 3. The molecule has 1 heterocycles. The molecule has 0 unspecified atom stereocenters. The van der Waals surface area contributed by atoms with Crippen LogP contribution in [0.4, 0.5) is 0 Å². The number of nitrogens with zero attached hydrogens (tertiary/aromatic N) is 3. The molecule has 0 spiro atoms. The average Bonchev–Trinajstić information content (AvgIpc) is 2.64. The van der Waals surface area contributed by atoms with E-state index in [1.165, 1.54) is 0 Å². The summed E-state index contributed by atoms with van der Waals surface area (Å²) in [5.74, 6) is 0.961. The number of nitrogens with one attached hydrogen (secondary N) is 1. The zero-order valence-corrected chi connectivity index (χ0v) is 16.7. The molecule has 7 heteroatoms. The first-order valence-corrected chi connectivity index (χ1v) is 10.1. The first kappa shape index (κ1) is 20.0. The molecule has 1 amide bonds. The highest BCUT2D eigenvalue weighted by Crippen LogP contribution is 2.31. The van der Waals surface area contributed by atoms with E-state index in [1.807, 2.05) is 36.1 Å². The second-order valence-corrected chi connectivity index (χ2v) is 7.86. The summed E-state index contributed by atoms with van der Waals surface area (Å²) >= 11 is 6.00. The molecule has 0 aromatic heterocycles. The van der Waals surface area contributed by atoms with Gasteiger partial charge in [0.2, 0.25) is 5.91 Å². The summed E-state index contributed by atoms with van der Waals surface area (Å²) in [7, 11) is 0. The molecule has 27 heavy (non-hydrogen) atoms. The van der Waals surface area contributed by atoms with Gasteiger partial charge in [-0.15, -0.1) is 0 Å². The van der Waals surface area contributed by atoms with E-state index in [0.29, 0.717) is 31.1 Å². The van der Waals surface area contributed by atoms with Crippen molar-refractivity contribution >= 4 is 23.5 Å². The number of carbonyl (C=O) groups is 1. The number of rotatable bonds is 5. The van der Waals surface area contributed by atoms with Gasteiger partial charge in [-0.2, -0.15) is 0 Å². The van der Waals surface area contributed by atoms with Gasteiger partial charge in [0.25, 0.3) is 0 Å². The molecule has 1 aromatic carbocycles. The van der Waals surface area contributed by atoms with Crippen molar-refractivity contribution in [1.82, 2.24) is 15.1 Å². The minimum atomic E-state index is -0.616. The van der Waals surface area contributed by atoms with Crippen LogP contribution in [0.3, 0.4) is 0 Å². The second kappa shape index (κ2) is 8.93. The third kappa shape index (κ3) is 5.36. The predicted octanol–water partition coefficient (Wildman–Crippen LogP) is 1.91. The minimum absolute atomic E-state index is 0.127. The highest BCUT2D eigenvalue weighted by molar-refractivity contribution is 6.30. The molecule has 2 fully saturated rings. The highest BCUT2D eigenvalue weighted by atomic mass is 35.5. The predicted molar refractivity (Wildman–Crippen MR) is 108 cm³/mol. The van der Waals surface area contributed by atoms with Crippen LogP contribution in [-0.4, -0.2) is 71.6 Å². The first-order chi connectivity index (χ1) is 13.0. The molecule has 1 saturated carbocycles. The lowest BCUT2D eigenvalue weighted by atomic mass is 9.80. The van der Waals surface area contributed by atoms with E-state index in [0.717, 1.165) is 50.4 Å². The Morgan fingerprint density at radius 3 is 2.56 bits per heavy atom. The quantitative estimate of drug-likeness (QED) is 0.593. The highest BCUT2D eigenvalue weighted by Gasteiger charge is 2.34. The van der Waals surface area contributed by atoms with E-state index in [9.17, 15) is 9.90 Å². The van der Waals surface area contributed by atoms with Gasteiger partial charge in [-0.25, -0.2) is 0 Å². The van der Waals surface area contributed by atoms with E-state index in [2.05, 4.69) is 15.2 Å². The maximum absolute atomic E-state index is 12.6. The van der Waals surface area contributed by atoms with Gasteiger partial charge in [-0.3, -0.25) is 9.79 Å². The molecule has 2 N–H and O–H groups in total. The number of hydrogen-bond donors (Lipinski definition) is 2. The summed E-state index contributed by atoms with van der Waals surface area (Å²) in [4.78, 5) is 21.3. The van der Waals surface area contributed by atoms with E-state index < -0.39 is 5.60 Å². The van der Waals surface area contributed by atoms with Crippen LogP contribution in [0.1, 0.15) is 31.7 Å². The third-order valence-corrected chi connectivity index (χ3v) is 5.55. The van der Waals surface area contributed by atoms with E-state index >= 15 is 0 Å². The monoisotopic (exact) mass is 392 g/mol. The largest absolute Gasteiger partial charge is 0.388 e. The van der Waals surface area contributed by atoms with Crippen molar-refractivity contribution in [2.24, 2.45) is 4.99 Å². The van der Waals surface area contributed by atoms with Crippen LogP contribution in [0.25, 0.3) is 0 Å². The Balaban J connectivity index is 1.53. The van der Waals surface area contributed by atoms with Crippen molar-refractivity contribution in [3.05, 3.63) is 34.9 Å². The van der Waals surface area contributed by atoms with Gasteiger partial charge in [0, 0.05) is 37.7 Å². The van der Waals surface area contributed by atoms with Gasteiger partial charge in [-0.1, -0.05) is 23.7 Å². The molecular formula is C20H29ClN4O2. The molecule has 2 aliphatic rings. The van der Waals surface area contributed by atoms with Crippen molar-refractivity contribution in [2.75, 3.05) is 39.3 Å². The molecule has 6 nitrogen and oxygen atoms in total. The number of guanidine groups is 1. The lowest BCUT2D eigenvalue weighted by molar-refractivity contribution is -0.131. The Hall–Kier alpha value is -1.79. The average molecular weight is 393 g/mol. The molecule has 1 aromatic rings. The molecule has 148 valence electrons. The standard InChI is InChI=1S/C20H29ClN4O2/c1-2-22-19(23-15-20(27)7-4-8-20)25-11-9-24(10-12-25)18(26)14-16-5-3-6-17(21)13-16/h3,5-6,13,27H,2,4,7-12,14-15H2,1H3,(H,22,23). The maximum atomic E-state index is 12.6. The molecule has 0 bridgehead atoms. The van der Waals surface area contributed by atoms with E-state index in [1.54, 1.807) is 0 Å². The van der Waals surface area contributed by atoms with Crippen molar-refractivity contribution in [3.63, 3.8) is 0 Å². The SMILES string of the molecule is CCNC(=NCC1(O)CCC1)N1CCN(C(=O)Cc2cccc(Cl)c2)CC1. The zero-order valence-electron chi connectivity index (χ0n) is 16.0. The van der Waals surface area contributed by atoms with Gasteiger partial charge < -0.3 is 20.2 Å². The van der Waals surface area contributed by atoms with E-state index in [4.69, 9.17) is 11.6 Å². The fourth-order valence-electron chi connectivity index (χ4n) is 3.49. The van der Waals surface area contributed by atoms with E-state index in [-0.39, 0.29) is 5.91 Å². The van der Waals surface area contributed by atoms with Crippen LogP contribution in [0.5, 0.6) is 0 Å². The maximum Gasteiger partial charge on any atom is 0.227 e. The number of aliphatic hydroxyl groups is 1. The van der Waals surface area contributed by atoms with Crippen LogP contribution in [-0.2, 0) is 11.2 Å². The smallest absolute Gasteiger partial charge is 0.227 e. The number of carbonyl (C=O) groups excluding carboxylic acids is 1. The zero-order chi connectivity index (χ0) is 19.3. The Morgan fingerprint density at radius 1 is 1.26 bits per heavy atom. The van der Waals surface area contributed by atoms with Crippen molar-refractivity contribution in [3.8, 4) is 0 Å². The summed E-state index contributed by atoms with van der Waals surface area (Å²) in [6.45, 7) is 6.10. The van der Waals surface area contributed by atoms with Crippen molar-refractivity contribution < 1.29 is 9.90 Å². The summed E-state index contributed by atoms with van der Waals surface area (Å²) < 4.78 is 0. The number of halogens is 1. The lowest BCUT2D eigenvalue weighted by Gasteiger charge is -2.38. The summed E-state index contributed by atoms with van der Waals surface area (Å²) in [5.41, 5.74) is 0.327. The molecule has 1 aliphatic heterocycles. The molecular weight excluding hydrogens is 364 g/mol. The van der Waals surface area contributed by atoms with Crippen LogP contribution < -0.4 is 5.32 Å². The fraction of sp³-hybridized carbons (Fsp3) is 0.600. The third-order valence-electron chi connectivity index (χ3n) is 5.32. The molecule has 0 radical (unpaired) electrons. The summed E-state index contributed by atoms with van der Waals surface area (Å²) in [6.07, 6.45) is 3.13. The van der Waals surface area contributed by atoms with Crippen molar-refractivity contribution in [2.45, 2.75) is 38.2 Å². The van der Waals surface area contributed by atoms with Gasteiger partial charge in [0.1, 0.15) is 0 Å². The number of aliphatic imine (C=N–C) groups is 1. The molecule has 1 aliphatic carbocycles. The Labute approximate surface area is 166 Å². The van der Waals surface area contributed by atoms with Gasteiger partial charge in [0.05, 0.1) is 18.6 Å². The fourth-order valence-corrected chi connectivity index (χ4v) is 3.70. The van der Waals surface area contributed by atoms with Crippen molar-refractivity contribution in [1.29, 1.82) is 0 Å². The van der Waals surface area contributed by atoms with Crippen LogP contribution >= 0.6 is 11.6 Å². The lowest BCUT2D eigenvalue weighted by Crippen LogP contribution is -2.54. The van der Waals surface area contributed by atoms with Gasteiger partial charge >= 0.3 is 0 Å². The summed E-state index contributed by atoms with van der Waals surface area (Å²) in [5, 5.41) is 14.3. The Kier molecular flexibility index (Phi) is 6.60. The number of piperazine rings is 1. The van der Waals surface area contributed by atoms with Gasteiger partial charge in [0.15, 0.2) is 5.96 Å². The Morgan fingerprint density at radius 2 is 1.96 bits per heavy atom. The number of amides is 1. The molecule has 3 rings (SSSR count). The van der Waals surface area contributed by atoms with Crippen LogP contribution in [0.15, 0.2) is 29.3 Å². The van der Waals surface area contributed by atoms with Gasteiger partial charge in [-0.05, 0) is 43.9 Å². The topological polar surface area (TPSA) is 68.2 Å². The normalized spacial score (nSPS) is 19.6. The van der Waals surface area contributed by atoms with Crippen LogP contribution in [0, 0.1) is 0 Å². The Bertz CT molecular complexity index is 682. The minimum Gasteiger partial charge on any atom is -0.388 e. The molecule has 0 atom stereocenters. The van der Waals surface area contributed by atoms with Crippen LogP contribution in [0.2, 0.25) is 5.02 Å².